The van der Waals surface area contributed by atoms with Gasteiger partial charge in [0.2, 0.25) is 11.8 Å². The fraction of sp³-hybridized carbons (Fsp3) is 0.267. The summed E-state index contributed by atoms with van der Waals surface area (Å²) >= 11 is 0. The zero-order chi connectivity index (χ0) is 16.7. The number of hydrogen-bond donors (Lipinski definition) is 1. The lowest BCUT2D eigenvalue weighted by Crippen LogP contribution is -2.57. The van der Waals surface area contributed by atoms with Crippen LogP contribution in [-0.4, -0.2) is 40.4 Å². The maximum atomic E-state index is 12.2. The molecule has 23 heavy (non-hydrogen) atoms. The second kappa shape index (κ2) is 5.31. The van der Waals surface area contributed by atoms with E-state index in [9.17, 15) is 19.7 Å². The average Bonchev–Trinajstić information content (AvgIpc) is 2.54. The standard InChI is InChI=1S/C15H14N4O4/c1-8-6-11-13(18(2)15(8)21)12(16-17-14(11)20)9-4-3-5-10(7-9)19(22)23/h3-7,11,13H,1-2H3,(H,17,20). The molecular weight excluding hydrogens is 300 g/mol. The van der Waals surface area contributed by atoms with Gasteiger partial charge in [0.1, 0.15) is 0 Å². The van der Waals surface area contributed by atoms with Crippen molar-refractivity contribution in [1.82, 2.24) is 10.3 Å². The van der Waals surface area contributed by atoms with Gasteiger partial charge in [-0.2, -0.15) is 5.10 Å². The minimum atomic E-state index is -0.582. The number of fused-ring (bicyclic) bond motifs is 1. The molecule has 2 aliphatic rings. The van der Waals surface area contributed by atoms with E-state index in [4.69, 9.17) is 0 Å². The molecule has 8 nitrogen and oxygen atoms in total. The van der Waals surface area contributed by atoms with Gasteiger partial charge in [0.25, 0.3) is 5.69 Å². The number of nitro groups is 1. The van der Waals surface area contributed by atoms with Crippen molar-refractivity contribution in [3.63, 3.8) is 0 Å². The Bertz CT molecular complexity index is 783. The molecule has 1 N–H and O–H groups in total. The van der Waals surface area contributed by atoms with E-state index in [1.165, 1.54) is 17.0 Å². The van der Waals surface area contributed by atoms with Crippen LogP contribution in [0.4, 0.5) is 5.69 Å². The predicted octanol–water partition coefficient (Wildman–Crippen LogP) is 0.832. The number of rotatable bonds is 2. The molecule has 0 saturated heterocycles. The second-order valence-corrected chi connectivity index (χ2v) is 5.52. The van der Waals surface area contributed by atoms with Gasteiger partial charge in [-0.25, -0.2) is 5.43 Å². The SMILES string of the molecule is CC1=CC2C(=O)NN=C(c3cccc([N+](=O)[O-])c3)C2N(C)C1=O. The molecule has 0 saturated carbocycles. The predicted molar refractivity (Wildman–Crippen MR) is 81.6 cm³/mol. The smallest absolute Gasteiger partial charge is 0.270 e. The van der Waals surface area contributed by atoms with Crippen molar-refractivity contribution in [2.75, 3.05) is 7.05 Å². The quantitative estimate of drug-likeness (QED) is 0.644. The summed E-state index contributed by atoms with van der Waals surface area (Å²) in [5.74, 6) is -1.06. The molecule has 1 aromatic carbocycles. The first-order chi connectivity index (χ1) is 10.9. The van der Waals surface area contributed by atoms with Crippen LogP contribution in [0.2, 0.25) is 0 Å². The third kappa shape index (κ3) is 2.37. The number of nitrogens with zero attached hydrogens (tertiary/aromatic N) is 3. The molecule has 2 amide bonds. The van der Waals surface area contributed by atoms with Gasteiger partial charge < -0.3 is 4.90 Å². The van der Waals surface area contributed by atoms with Gasteiger partial charge in [-0.05, 0) is 6.92 Å². The van der Waals surface area contributed by atoms with Crippen molar-refractivity contribution in [2.24, 2.45) is 11.0 Å². The highest BCUT2D eigenvalue weighted by Crippen LogP contribution is 2.28. The summed E-state index contributed by atoms with van der Waals surface area (Å²) < 4.78 is 0. The van der Waals surface area contributed by atoms with Gasteiger partial charge in [0.15, 0.2) is 0 Å². The van der Waals surface area contributed by atoms with Crippen LogP contribution in [0.15, 0.2) is 41.0 Å². The van der Waals surface area contributed by atoms with Gasteiger partial charge in [-0.3, -0.25) is 19.7 Å². The summed E-state index contributed by atoms with van der Waals surface area (Å²) in [6.45, 7) is 1.65. The van der Waals surface area contributed by atoms with E-state index < -0.39 is 16.9 Å². The van der Waals surface area contributed by atoms with Gasteiger partial charge in [-0.1, -0.05) is 18.2 Å². The summed E-state index contributed by atoms with van der Waals surface area (Å²) in [6, 6.07) is 5.40. The number of benzene rings is 1. The molecule has 118 valence electrons. The number of likely N-dealkylation sites (N-methyl/N-ethyl adjacent to an activating group) is 1. The van der Waals surface area contributed by atoms with Crippen LogP contribution in [0.25, 0.3) is 0 Å². The number of nitrogens with one attached hydrogen (secondary N) is 1. The first kappa shape index (κ1) is 14.9. The number of hydrazone groups is 1. The zero-order valence-electron chi connectivity index (χ0n) is 12.5. The molecule has 0 aliphatic carbocycles. The molecule has 2 atom stereocenters. The van der Waals surface area contributed by atoms with E-state index in [1.54, 1.807) is 32.2 Å². The van der Waals surface area contributed by atoms with E-state index in [1.807, 2.05) is 0 Å². The van der Waals surface area contributed by atoms with Gasteiger partial charge in [0.05, 0.1) is 22.6 Å². The van der Waals surface area contributed by atoms with Crippen LogP contribution in [0, 0.1) is 16.0 Å². The molecule has 0 fully saturated rings. The highest BCUT2D eigenvalue weighted by Gasteiger charge is 2.43. The molecule has 8 heteroatoms. The van der Waals surface area contributed by atoms with Crippen LogP contribution in [0.5, 0.6) is 0 Å². The maximum Gasteiger partial charge on any atom is 0.270 e. The Labute approximate surface area is 131 Å². The molecule has 0 aromatic heterocycles. The molecular formula is C15H14N4O4. The van der Waals surface area contributed by atoms with E-state index in [0.29, 0.717) is 16.8 Å². The molecule has 0 bridgehead atoms. The Morgan fingerprint density at radius 3 is 2.78 bits per heavy atom. The van der Waals surface area contributed by atoms with E-state index in [2.05, 4.69) is 10.5 Å². The number of carbonyl (C=O) groups excluding carboxylic acids is 2. The minimum Gasteiger partial charge on any atom is -0.332 e. The van der Waals surface area contributed by atoms with Crippen LogP contribution in [-0.2, 0) is 9.59 Å². The molecule has 2 aliphatic heterocycles. The highest BCUT2D eigenvalue weighted by molar-refractivity contribution is 6.13. The topological polar surface area (TPSA) is 105 Å². The van der Waals surface area contributed by atoms with E-state index in [0.717, 1.165) is 0 Å². The van der Waals surface area contributed by atoms with Gasteiger partial charge >= 0.3 is 0 Å². The van der Waals surface area contributed by atoms with Gasteiger partial charge in [0, 0.05) is 30.3 Å². The fourth-order valence-electron chi connectivity index (χ4n) is 2.92. The molecule has 0 radical (unpaired) electrons. The summed E-state index contributed by atoms with van der Waals surface area (Å²) in [5.41, 5.74) is 3.78. The maximum absolute atomic E-state index is 12.2. The van der Waals surface area contributed by atoms with E-state index in [-0.39, 0.29) is 17.5 Å². The normalized spacial score (nSPS) is 23.7. The number of nitro benzene ring substituents is 1. The first-order valence-corrected chi connectivity index (χ1v) is 6.98. The summed E-state index contributed by atoms with van der Waals surface area (Å²) in [7, 11) is 1.60. The van der Waals surface area contributed by atoms with Crippen LogP contribution < -0.4 is 5.43 Å². The zero-order valence-corrected chi connectivity index (χ0v) is 12.5. The Balaban J connectivity index is 2.10. The lowest BCUT2D eigenvalue weighted by atomic mass is 9.84. The summed E-state index contributed by atoms with van der Waals surface area (Å²) in [5, 5.41) is 15.0. The first-order valence-electron chi connectivity index (χ1n) is 6.98. The second-order valence-electron chi connectivity index (χ2n) is 5.52. The minimum absolute atomic E-state index is 0.0739. The number of hydrogen-bond acceptors (Lipinski definition) is 5. The molecule has 0 spiro atoms. The lowest BCUT2D eigenvalue weighted by molar-refractivity contribution is -0.384. The fourth-order valence-corrected chi connectivity index (χ4v) is 2.92. The molecule has 3 rings (SSSR count). The largest absolute Gasteiger partial charge is 0.332 e. The van der Waals surface area contributed by atoms with Crippen molar-refractivity contribution in [3.05, 3.63) is 51.6 Å². The lowest BCUT2D eigenvalue weighted by Gasteiger charge is -2.39. The number of carbonyl (C=O) groups is 2. The van der Waals surface area contributed by atoms with Crippen molar-refractivity contribution >= 4 is 23.2 Å². The molecule has 2 heterocycles. The van der Waals surface area contributed by atoms with Gasteiger partial charge in [-0.15, -0.1) is 0 Å². The highest BCUT2D eigenvalue weighted by atomic mass is 16.6. The van der Waals surface area contributed by atoms with Crippen LogP contribution in [0.3, 0.4) is 0 Å². The van der Waals surface area contributed by atoms with Crippen molar-refractivity contribution in [3.8, 4) is 0 Å². The van der Waals surface area contributed by atoms with Crippen LogP contribution >= 0.6 is 0 Å². The van der Waals surface area contributed by atoms with Crippen molar-refractivity contribution in [1.29, 1.82) is 0 Å². The third-order valence-electron chi connectivity index (χ3n) is 4.07. The Morgan fingerprint density at radius 2 is 2.09 bits per heavy atom. The number of non-ortho nitro benzene ring substituents is 1. The van der Waals surface area contributed by atoms with Crippen LogP contribution in [0.1, 0.15) is 12.5 Å². The summed E-state index contributed by atoms with van der Waals surface area (Å²) in [4.78, 5) is 36.2. The Kier molecular flexibility index (Phi) is 3.44. The summed E-state index contributed by atoms with van der Waals surface area (Å²) in [6.07, 6.45) is 1.62. The number of amides is 2. The Hall–Kier alpha value is -3.03. The molecule has 2 unspecified atom stereocenters. The monoisotopic (exact) mass is 314 g/mol. The van der Waals surface area contributed by atoms with E-state index >= 15 is 0 Å². The Morgan fingerprint density at radius 1 is 1.35 bits per heavy atom. The van der Waals surface area contributed by atoms with Crippen molar-refractivity contribution < 1.29 is 14.5 Å². The third-order valence-corrected chi connectivity index (χ3v) is 4.07. The van der Waals surface area contributed by atoms with Crippen molar-refractivity contribution in [2.45, 2.75) is 13.0 Å². The molecule has 1 aromatic rings. The average molecular weight is 314 g/mol.